The second-order valence-electron chi connectivity index (χ2n) is 3.27. The van der Waals surface area contributed by atoms with Crippen LogP contribution in [0.1, 0.15) is 12.8 Å². The Balaban J connectivity index is 2.42. The monoisotopic (exact) mass is 220 g/mol. The van der Waals surface area contributed by atoms with Crippen LogP contribution in [0.2, 0.25) is 0 Å². The van der Waals surface area contributed by atoms with E-state index in [0.717, 1.165) is 0 Å². The van der Waals surface area contributed by atoms with Gasteiger partial charge in [-0.2, -0.15) is 0 Å². The summed E-state index contributed by atoms with van der Waals surface area (Å²) in [7, 11) is 0. The van der Waals surface area contributed by atoms with Crippen molar-refractivity contribution < 1.29 is 14.4 Å². The van der Waals surface area contributed by atoms with E-state index in [1.807, 2.05) is 6.07 Å². The van der Waals surface area contributed by atoms with E-state index >= 15 is 0 Å². The number of carbonyl (C=O) groups excluding carboxylic acids is 3. The minimum Gasteiger partial charge on any atom is -0.369 e. The van der Waals surface area contributed by atoms with Gasteiger partial charge in [0, 0.05) is 5.69 Å². The third-order valence-corrected chi connectivity index (χ3v) is 1.79. The number of hydrogen-bond donors (Lipinski definition) is 2. The van der Waals surface area contributed by atoms with Crippen LogP contribution in [0.3, 0.4) is 0 Å². The summed E-state index contributed by atoms with van der Waals surface area (Å²) in [5.41, 5.74) is 5.44. The highest BCUT2D eigenvalue weighted by molar-refractivity contribution is 6.09. The predicted octanol–water partition coefficient (Wildman–Crippen LogP) is 0.460. The number of rotatable bonds is 5. The van der Waals surface area contributed by atoms with Crippen molar-refractivity contribution in [1.29, 1.82) is 0 Å². The molecule has 16 heavy (non-hydrogen) atoms. The largest absolute Gasteiger partial charge is 0.369 e. The number of ketones is 1. The van der Waals surface area contributed by atoms with Gasteiger partial charge in [-0.25, -0.2) is 0 Å². The quantitative estimate of drug-likeness (QED) is 0.706. The third kappa shape index (κ3) is 4.36. The number of nitrogens with two attached hydrogens (primary N) is 1. The molecule has 2 amide bonds. The summed E-state index contributed by atoms with van der Waals surface area (Å²) in [4.78, 5) is 32.8. The summed E-state index contributed by atoms with van der Waals surface area (Å²) in [6, 6.07) is 8.75. The van der Waals surface area contributed by atoms with E-state index in [9.17, 15) is 14.4 Å². The Hall–Kier alpha value is -2.17. The lowest BCUT2D eigenvalue weighted by Crippen LogP contribution is -2.21. The van der Waals surface area contributed by atoms with E-state index < -0.39 is 24.0 Å². The first-order valence-corrected chi connectivity index (χ1v) is 4.73. The highest BCUT2D eigenvalue weighted by atomic mass is 16.2. The van der Waals surface area contributed by atoms with Gasteiger partial charge in [0.15, 0.2) is 5.78 Å². The highest BCUT2D eigenvalue weighted by Crippen LogP contribution is 2.05. The number of para-hydroxylation sites is 1. The molecule has 0 aliphatic rings. The minimum atomic E-state index is -0.725. The Bertz CT molecular complexity index is 401. The molecular weight excluding hydrogens is 208 g/mol. The lowest BCUT2D eigenvalue weighted by molar-refractivity contribution is -0.128. The molecule has 0 aliphatic carbocycles. The van der Waals surface area contributed by atoms with Crippen molar-refractivity contribution in [3.63, 3.8) is 0 Å². The predicted molar refractivity (Wildman–Crippen MR) is 58.5 cm³/mol. The van der Waals surface area contributed by atoms with Crippen LogP contribution >= 0.6 is 0 Å². The van der Waals surface area contributed by atoms with Gasteiger partial charge >= 0.3 is 0 Å². The first-order valence-electron chi connectivity index (χ1n) is 4.73. The summed E-state index contributed by atoms with van der Waals surface area (Å²) < 4.78 is 0. The molecule has 1 rings (SSSR count). The van der Waals surface area contributed by atoms with Crippen LogP contribution < -0.4 is 11.1 Å². The molecule has 0 unspecified atom stereocenters. The smallest absolute Gasteiger partial charge is 0.231 e. The second-order valence-corrected chi connectivity index (χ2v) is 3.27. The number of hydrogen-bond acceptors (Lipinski definition) is 3. The zero-order chi connectivity index (χ0) is 12.0. The fourth-order valence-corrected chi connectivity index (χ4v) is 1.16. The Morgan fingerprint density at radius 2 is 1.69 bits per heavy atom. The molecule has 0 aromatic heterocycles. The average Bonchev–Trinajstić information content (AvgIpc) is 2.17. The summed E-state index contributed by atoms with van der Waals surface area (Å²) in [5.74, 6) is -1.66. The van der Waals surface area contributed by atoms with Crippen molar-refractivity contribution in [2.45, 2.75) is 12.8 Å². The van der Waals surface area contributed by atoms with Gasteiger partial charge in [-0.3, -0.25) is 14.4 Å². The van der Waals surface area contributed by atoms with Crippen LogP contribution in [-0.2, 0) is 14.4 Å². The van der Waals surface area contributed by atoms with Crippen molar-refractivity contribution in [2.24, 2.45) is 5.73 Å². The molecule has 0 aliphatic heterocycles. The molecule has 0 heterocycles. The molecule has 1 aromatic rings. The lowest BCUT2D eigenvalue weighted by atomic mass is 10.2. The summed E-state index contributed by atoms with van der Waals surface area (Å²) in [6.45, 7) is 0. The first kappa shape index (κ1) is 11.9. The van der Waals surface area contributed by atoms with Gasteiger partial charge in [0.2, 0.25) is 11.8 Å². The van der Waals surface area contributed by atoms with E-state index in [1.165, 1.54) is 0 Å². The molecule has 5 heteroatoms. The van der Waals surface area contributed by atoms with E-state index in [2.05, 4.69) is 5.32 Å². The zero-order valence-electron chi connectivity index (χ0n) is 8.60. The number of amides is 2. The Morgan fingerprint density at radius 1 is 1.06 bits per heavy atom. The van der Waals surface area contributed by atoms with Gasteiger partial charge in [0.25, 0.3) is 0 Å². The minimum absolute atomic E-state index is 0.335. The number of primary amides is 1. The van der Waals surface area contributed by atoms with Crippen LogP contribution in [0.15, 0.2) is 30.3 Å². The maximum absolute atomic E-state index is 11.3. The molecule has 3 N–H and O–H groups in total. The molecule has 84 valence electrons. The highest BCUT2D eigenvalue weighted by Gasteiger charge is 2.11. The molecule has 0 saturated heterocycles. The van der Waals surface area contributed by atoms with Crippen LogP contribution in [0.25, 0.3) is 0 Å². The molecule has 0 radical (unpaired) electrons. The first-order chi connectivity index (χ1) is 7.58. The van der Waals surface area contributed by atoms with Crippen molar-refractivity contribution in [2.75, 3.05) is 5.32 Å². The molecule has 0 fully saturated rings. The van der Waals surface area contributed by atoms with Crippen molar-refractivity contribution in [1.82, 2.24) is 0 Å². The number of anilines is 1. The van der Waals surface area contributed by atoms with Gasteiger partial charge in [0.05, 0.1) is 12.8 Å². The number of Topliss-reactive ketones (excluding diaryl/α,β-unsaturated/α-hetero) is 1. The van der Waals surface area contributed by atoms with Crippen LogP contribution in [0.4, 0.5) is 5.69 Å². The van der Waals surface area contributed by atoms with E-state index in [4.69, 9.17) is 5.73 Å². The zero-order valence-corrected chi connectivity index (χ0v) is 8.60. The fraction of sp³-hybridized carbons (Fsp3) is 0.182. The second kappa shape index (κ2) is 5.65. The topological polar surface area (TPSA) is 89.3 Å². The van der Waals surface area contributed by atoms with Crippen LogP contribution in [-0.4, -0.2) is 17.6 Å². The molecule has 0 saturated carbocycles. The Kier molecular flexibility index (Phi) is 4.20. The molecule has 1 aromatic carbocycles. The van der Waals surface area contributed by atoms with Gasteiger partial charge in [-0.15, -0.1) is 0 Å². The number of nitrogens with one attached hydrogen (secondary N) is 1. The Labute approximate surface area is 92.6 Å². The molecule has 0 bridgehead atoms. The molecular formula is C11H12N2O3. The van der Waals surface area contributed by atoms with Gasteiger partial charge in [-0.1, -0.05) is 18.2 Å². The summed E-state index contributed by atoms with van der Waals surface area (Å²) in [5, 5.41) is 2.53. The number of carbonyl (C=O) groups is 3. The molecule has 5 nitrogen and oxygen atoms in total. The average molecular weight is 220 g/mol. The summed E-state index contributed by atoms with van der Waals surface area (Å²) in [6.07, 6.45) is -0.736. The van der Waals surface area contributed by atoms with Gasteiger partial charge < -0.3 is 11.1 Å². The Morgan fingerprint density at radius 3 is 2.25 bits per heavy atom. The van der Waals surface area contributed by atoms with Crippen molar-refractivity contribution >= 4 is 23.3 Å². The van der Waals surface area contributed by atoms with Gasteiger partial charge in [0.1, 0.15) is 0 Å². The fourth-order valence-electron chi connectivity index (χ4n) is 1.16. The van der Waals surface area contributed by atoms with E-state index in [-0.39, 0.29) is 6.42 Å². The van der Waals surface area contributed by atoms with Crippen LogP contribution in [0, 0.1) is 0 Å². The van der Waals surface area contributed by atoms with E-state index in [0.29, 0.717) is 5.69 Å². The standard InChI is InChI=1S/C11H12N2O3/c12-10(15)6-9(14)7-11(16)13-8-4-2-1-3-5-8/h1-5H,6-7H2,(H2,12,15)(H,13,16). The normalized spacial score (nSPS) is 9.50. The number of benzene rings is 1. The van der Waals surface area contributed by atoms with E-state index in [1.54, 1.807) is 24.3 Å². The maximum atomic E-state index is 11.3. The third-order valence-electron chi connectivity index (χ3n) is 1.79. The van der Waals surface area contributed by atoms with Crippen molar-refractivity contribution in [3.8, 4) is 0 Å². The molecule has 0 atom stereocenters. The maximum Gasteiger partial charge on any atom is 0.231 e. The van der Waals surface area contributed by atoms with Crippen LogP contribution in [0.5, 0.6) is 0 Å². The lowest BCUT2D eigenvalue weighted by Gasteiger charge is -2.03. The molecule has 0 spiro atoms. The summed E-state index contributed by atoms with van der Waals surface area (Å²) >= 11 is 0. The van der Waals surface area contributed by atoms with Crippen molar-refractivity contribution in [3.05, 3.63) is 30.3 Å². The van der Waals surface area contributed by atoms with Gasteiger partial charge in [-0.05, 0) is 12.1 Å². The SMILES string of the molecule is NC(=O)CC(=O)CC(=O)Nc1ccccc1.